The average Bonchev–Trinajstić information content (AvgIpc) is 2.26. The minimum Gasteiger partial charge on any atom is -0.488 e. The number of benzene rings is 1. The summed E-state index contributed by atoms with van der Waals surface area (Å²) in [5.74, 6) is -2.48. The lowest BCUT2D eigenvalue weighted by molar-refractivity contribution is -0.136. The molecule has 1 N–H and O–H groups in total. The number of rotatable bonds is 6. The zero-order valence-corrected chi connectivity index (χ0v) is 10.3. The fourth-order valence-corrected chi connectivity index (χ4v) is 1.50. The molecule has 7 heteroatoms. The summed E-state index contributed by atoms with van der Waals surface area (Å²) in [5.41, 5.74) is 0.389. The molecule has 1 aromatic rings. The van der Waals surface area contributed by atoms with Gasteiger partial charge in [-0.1, -0.05) is 0 Å². The monoisotopic (exact) mass is 283 g/mol. The van der Waals surface area contributed by atoms with Gasteiger partial charge in [-0.05, 0) is 31.2 Å². The molecule has 0 aromatic heterocycles. The SMILES string of the molecule is CNCc1cc(F)c(OCCCC(F)(F)F)c(F)c1. The minimum atomic E-state index is -4.29. The van der Waals surface area contributed by atoms with Crippen LogP contribution < -0.4 is 10.1 Å². The van der Waals surface area contributed by atoms with Crippen LogP contribution in [0.4, 0.5) is 22.0 Å². The Hall–Kier alpha value is -1.37. The van der Waals surface area contributed by atoms with Gasteiger partial charge in [-0.25, -0.2) is 8.78 Å². The second-order valence-corrected chi connectivity index (χ2v) is 3.99. The van der Waals surface area contributed by atoms with Crippen LogP contribution in [0.15, 0.2) is 12.1 Å². The predicted octanol–water partition coefficient (Wildman–Crippen LogP) is 3.41. The summed E-state index contributed by atoms with van der Waals surface area (Å²) in [6, 6.07) is 2.16. The summed E-state index contributed by atoms with van der Waals surface area (Å²) >= 11 is 0. The fourth-order valence-electron chi connectivity index (χ4n) is 1.50. The van der Waals surface area contributed by atoms with Crippen LogP contribution in [-0.4, -0.2) is 19.8 Å². The predicted molar refractivity (Wildman–Crippen MR) is 59.9 cm³/mol. The minimum absolute atomic E-state index is 0.280. The van der Waals surface area contributed by atoms with Crippen molar-refractivity contribution < 1.29 is 26.7 Å². The van der Waals surface area contributed by atoms with Crippen molar-refractivity contribution in [3.05, 3.63) is 29.3 Å². The normalized spacial score (nSPS) is 11.7. The van der Waals surface area contributed by atoms with Crippen LogP contribution in [0.5, 0.6) is 5.75 Å². The molecular formula is C12H14F5NO. The molecule has 1 aromatic carbocycles. The maximum absolute atomic E-state index is 13.5. The molecule has 2 nitrogen and oxygen atoms in total. The lowest BCUT2D eigenvalue weighted by atomic mass is 10.2. The van der Waals surface area contributed by atoms with Crippen molar-refractivity contribution in [2.24, 2.45) is 0 Å². The van der Waals surface area contributed by atoms with Gasteiger partial charge in [-0.2, -0.15) is 13.2 Å². The second kappa shape index (κ2) is 6.70. The Labute approximate surface area is 107 Å². The van der Waals surface area contributed by atoms with Crippen molar-refractivity contribution >= 4 is 0 Å². The van der Waals surface area contributed by atoms with E-state index in [2.05, 4.69) is 5.32 Å². The van der Waals surface area contributed by atoms with Crippen LogP contribution in [0.1, 0.15) is 18.4 Å². The van der Waals surface area contributed by atoms with Gasteiger partial charge in [0.15, 0.2) is 17.4 Å². The van der Waals surface area contributed by atoms with Crippen molar-refractivity contribution in [1.29, 1.82) is 0 Å². The lowest BCUT2D eigenvalue weighted by Gasteiger charge is -2.11. The number of alkyl halides is 3. The molecule has 108 valence electrons. The molecule has 0 aliphatic carbocycles. The summed E-state index contributed by atoms with van der Waals surface area (Å²) in [7, 11) is 1.62. The first kappa shape index (κ1) is 15.7. The van der Waals surface area contributed by atoms with Crippen LogP contribution in [0.2, 0.25) is 0 Å². The smallest absolute Gasteiger partial charge is 0.389 e. The highest BCUT2D eigenvalue weighted by molar-refractivity contribution is 5.31. The zero-order valence-electron chi connectivity index (χ0n) is 10.3. The highest BCUT2D eigenvalue weighted by Gasteiger charge is 2.26. The van der Waals surface area contributed by atoms with Crippen molar-refractivity contribution in [2.45, 2.75) is 25.6 Å². The molecule has 0 spiro atoms. The number of hydrogen-bond acceptors (Lipinski definition) is 2. The third kappa shape index (κ3) is 5.42. The molecule has 0 unspecified atom stereocenters. The summed E-state index contributed by atoms with van der Waals surface area (Å²) in [6.45, 7) is -0.110. The summed E-state index contributed by atoms with van der Waals surface area (Å²) in [4.78, 5) is 0. The van der Waals surface area contributed by atoms with E-state index < -0.39 is 36.6 Å². The number of nitrogens with one attached hydrogen (secondary N) is 1. The van der Waals surface area contributed by atoms with E-state index in [4.69, 9.17) is 4.74 Å². The lowest BCUT2D eigenvalue weighted by Crippen LogP contribution is -2.11. The topological polar surface area (TPSA) is 21.3 Å². The third-order valence-electron chi connectivity index (χ3n) is 2.29. The standard InChI is InChI=1S/C12H14F5NO/c1-18-7-8-5-9(13)11(10(14)6-8)19-4-2-3-12(15,16)17/h5-6,18H,2-4,7H2,1H3. The maximum Gasteiger partial charge on any atom is 0.389 e. The van der Waals surface area contributed by atoms with Gasteiger partial charge < -0.3 is 10.1 Å². The molecule has 0 saturated carbocycles. The van der Waals surface area contributed by atoms with Crippen molar-refractivity contribution in [1.82, 2.24) is 5.32 Å². The number of hydrogen-bond donors (Lipinski definition) is 1. The molecule has 0 radical (unpaired) electrons. The van der Waals surface area contributed by atoms with E-state index in [1.165, 1.54) is 0 Å². The highest BCUT2D eigenvalue weighted by Crippen LogP contribution is 2.25. The molecule has 0 aliphatic heterocycles. The summed E-state index contributed by atoms with van der Waals surface area (Å²) in [5, 5.41) is 2.73. The van der Waals surface area contributed by atoms with Crippen molar-refractivity contribution in [3.63, 3.8) is 0 Å². The summed E-state index contributed by atoms with van der Waals surface area (Å²) < 4.78 is 67.3. The van der Waals surface area contributed by atoms with Crippen LogP contribution >= 0.6 is 0 Å². The average molecular weight is 283 g/mol. The molecule has 19 heavy (non-hydrogen) atoms. The fraction of sp³-hybridized carbons (Fsp3) is 0.500. The molecule has 0 atom stereocenters. The van der Waals surface area contributed by atoms with E-state index in [1.54, 1.807) is 7.05 Å². The Balaban J connectivity index is 2.59. The molecule has 1 rings (SSSR count). The van der Waals surface area contributed by atoms with E-state index in [1.807, 2.05) is 0 Å². The molecule has 0 fully saturated rings. The van der Waals surface area contributed by atoms with Gasteiger partial charge in [0.05, 0.1) is 6.61 Å². The molecule has 0 amide bonds. The Morgan fingerprint density at radius 3 is 2.21 bits per heavy atom. The number of halogens is 5. The largest absolute Gasteiger partial charge is 0.488 e. The Morgan fingerprint density at radius 1 is 1.16 bits per heavy atom. The molecule has 0 aliphatic rings. The molecule has 0 heterocycles. The Kier molecular flexibility index (Phi) is 5.53. The first-order chi connectivity index (χ1) is 8.83. The van der Waals surface area contributed by atoms with Crippen LogP contribution in [0.25, 0.3) is 0 Å². The van der Waals surface area contributed by atoms with Gasteiger partial charge in [-0.15, -0.1) is 0 Å². The van der Waals surface area contributed by atoms with Gasteiger partial charge in [-0.3, -0.25) is 0 Å². The first-order valence-corrected chi connectivity index (χ1v) is 5.65. The van der Waals surface area contributed by atoms with E-state index in [-0.39, 0.29) is 13.0 Å². The van der Waals surface area contributed by atoms with Gasteiger partial charge in [0.2, 0.25) is 0 Å². The van der Waals surface area contributed by atoms with Gasteiger partial charge in [0.25, 0.3) is 0 Å². The maximum atomic E-state index is 13.5. The van der Waals surface area contributed by atoms with Crippen LogP contribution in [0.3, 0.4) is 0 Å². The van der Waals surface area contributed by atoms with Crippen molar-refractivity contribution in [3.8, 4) is 5.75 Å². The zero-order chi connectivity index (χ0) is 14.5. The van der Waals surface area contributed by atoms with Gasteiger partial charge >= 0.3 is 6.18 Å². The van der Waals surface area contributed by atoms with E-state index in [0.717, 1.165) is 12.1 Å². The number of ether oxygens (including phenoxy) is 1. The molecule has 0 saturated heterocycles. The van der Waals surface area contributed by atoms with E-state index >= 15 is 0 Å². The van der Waals surface area contributed by atoms with Crippen LogP contribution in [0, 0.1) is 11.6 Å². The quantitative estimate of drug-likeness (QED) is 0.638. The molecule has 0 bridgehead atoms. The summed E-state index contributed by atoms with van der Waals surface area (Å²) in [6.07, 6.45) is -5.69. The Morgan fingerprint density at radius 2 is 1.74 bits per heavy atom. The van der Waals surface area contributed by atoms with Gasteiger partial charge in [0.1, 0.15) is 0 Å². The second-order valence-electron chi connectivity index (χ2n) is 3.99. The molecular weight excluding hydrogens is 269 g/mol. The Bertz CT molecular complexity index is 396. The third-order valence-corrected chi connectivity index (χ3v) is 2.29. The van der Waals surface area contributed by atoms with E-state index in [0.29, 0.717) is 5.56 Å². The highest BCUT2D eigenvalue weighted by atomic mass is 19.4. The van der Waals surface area contributed by atoms with Crippen molar-refractivity contribution in [2.75, 3.05) is 13.7 Å². The van der Waals surface area contributed by atoms with E-state index in [9.17, 15) is 22.0 Å². The van der Waals surface area contributed by atoms with Gasteiger partial charge in [0, 0.05) is 13.0 Å². The van der Waals surface area contributed by atoms with Crippen LogP contribution in [-0.2, 0) is 6.54 Å². The first-order valence-electron chi connectivity index (χ1n) is 5.65.